The Bertz CT molecular complexity index is 417. The summed E-state index contributed by atoms with van der Waals surface area (Å²) in [5.41, 5.74) is 0.886. The average molecular weight is 270 g/mol. The van der Waals surface area contributed by atoms with Crippen LogP contribution in [0.1, 0.15) is 32.3 Å². The van der Waals surface area contributed by atoms with Gasteiger partial charge >= 0.3 is 0 Å². The molecule has 0 amide bonds. The van der Waals surface area contributed by atoms with E-state index in [2.05, 4.69) is 19.2 Å². The van der Waals surface area contributed by atoms with Gasteiger partial charge in [-0.25, -0.2) is 4.39 Å². The number of benzene rings is 1. The second kappa shape index (κ2) is 5.58. The fraction of sp³-hybridized carbons (Fsp3) is 0.600. The van der Waals surface area contributed by atoms with Crippen LogP contribution in [0.25, 0.3) is 0 Å². The molecule has 100 valence electrons. The third kappa shape index (κ3) is 3.24. The molecule has 1 fully saturated rings. The molecule has 0 radical (unpaired) electrons. The second-order valence-corrected chi connectivity index (χ2v) is 6.06. The van der Waals surface area contributed by atoms with Crippen LogP contribution in [0.4, 0.5) is 4.39 Å². The third-order valence-electron chi connectivity index (χ3n) is 3.94. The third-order valence-corrected chi connectivity index (χ3v) is 4.18. The van der Waals surface area contributed by atoms with Crippen LogP contribution in [0, 0.1) is 17.2 Å². The largest absolute Gasteiger partial charge is 0.316 e. The highest BCUT2D eigenvalue weighted by atomic mass is 35.5. The van der Waals surface area contributed by atoms with Gasteiger partial charge < -0.3 is 5.32 Å². The maximum absolute atomic E-state index is 13.8. The minimum atomic E-state index is -0.136. The van der Waals surface area contributed by atoms with E-state index in [9.17, 15) is 4.39 Å². The van der Waals surface area contributed by atoms with Crippen molar-refractivity contribution >= 4 is 11.6 Å². The van der Waals surface area contributed by atoms with Crippen molar-refractivity contribution < 1.29 is 4.39 Å². The second-order valence-electron chi connectivity index (χ2n) is 5.62. The molecule has 0 heterocycles. The first kappa shape index (κ1) is 13.8. The molecule has 1 aromatic rings. The van der Waals surface area contributed by atoms with Crippen molar-refractivity contribution in [3.05, 3.63) is 34.6 Å². The molecule has 1 aromatic carbocycles. The van der Waals surface area contributed by atoms with Crippen LogP contribution in [-0.2, 0) is 6.42 Å². The Kier molecular flexibility index (Phi) is 4.29. The van der Waals surface area contributed by atoms with Crippen LogP contribution in [0.2, 0.25) is 5.02 Å². The fourth-order valence-electron chi connectivity index (χ4n) is 2.66. The predicted octanol–water partition coefficient (Wildman–Crippen LogP) is 4.05. The normalized spacial score (nSPS) is 18.7. The van der Waals surface area contributed by atoms with Crippen molar-refractivity contribution in [1.82, 2.24) is 5.32 Å². The molecule has 1 atom stereocenters. The first-order valence-corrected chi connectivity index (χ1v) is 7.07. The maximum Gasteiger partial charge on any atom is 0.126 e. The number of halogens is 2. The van der Waals surface area contributed by atoms with Crippen LogP contribution < -0.4 is 5.32 Å². The zero-order chi connectivity index (χ0) is 13.2. The highest BCUT2D eigenvalue weighted by Gasteiger charge is 2.41. The lowest BCUT2D eigenvalue weighted by atomic mass is 9.78. The van der Waals surface area contributed by atoms with Gasteiger partial charge in [-0.2, -0.15) is 0 Å². The van der Waals surface area contributed by atoms with Crippen molar-refractivity contribution in [2.45, 2.75) is 33.1 Å². The van der Waals surface area contributed by atoms with E-state index in [1.54, 1.807) is 12.1 Å². The molecule has 1 unspecified atom stereocenters. The zero-order valence-electron chi connectivity index (χ0n) is 11.1. The van der Waals surface area contributed by atoms with E-state index in [-0.39, 0.29) is 11.2 Å². The molecule has 1 N–H and O–H groups in total. The minimum Gasteiger partial charge on any atom is -0.316 e. The summed E-state index contributed by atoms with van der Waals surface area (Å²) in [6, 6.07) is 4.85. The van der Waals surface area contributed by atoms with E-state index in [0.717, 1.165) is 31.0 Å². The van der Waals surface area contributed by atoms with E-state index < -0.39 is 0 Å². The van der Waals surface area contributed by atoms with Gasteiger partial charge in [0, 0.05) is 11.6 Å². The van der Waals surface area contributed by atoms with Crippen molar-refractivity contribution in [2.75, 3.05) is 13.1 Å². The maximum atomic E-state index is 13.8. The van der Waals surface area contributed by atoms with Gasteiger partial charge in [-0.15, -0.1) is 0 Å². The first-order valence-electron chi connectivity index (χ1n) is 6.70. The summed E-state index contributed by atoms with van der Waals surface area (Å²) in [5.74, 6) is 0.581. The number of hydrogen-bond donors (Lipinski definition) is 1. The molecule has 1 aliphatic carbocycles. The highest BCUT2D eigenvalue weighted by molar-refractivity contribution is 6.30. The Hall–Kier alpha value is -0.600. The average Bonchev–Trinajstić information content (AvgIpc) is 3.16. The van der Waals surface area contributed by atoms with Crippen LogP contribution in [-0.4, -0.2) is 13.1 Å². The van der Waals surface area contributed by atoms with Crippen LogP contribution in [0.3, 0.4) is 0 Å². The van der Waals surface area contributed by atoms with E-state index in [1.807, 2.05) is 0 Å². The van der Waals surface area contributed by atoms with Crippen molar-refractivity contribution in [2.24, 2.45) is 11.3 Å². The molecular weight excluding hydrogens is 249 g/mol. The van der Waals surface area contributed by atoms with E-state index in [4.69, 9.17) is 11.6 Å². The molecule has 1 aliphatic rings. The van der Waals surface area contributed by atoms with E-state index >= 15 is 0 Å². The Morgan fingerprint density at radius 3 is 2.78 bits per heavy atom. The van der Waals surface area contributed by atoms with E-state index in [1.165, 1.54) is 18.9 Å². The Morgan fingerprint density at radius 1 is 1.44 bits per heavy atom. The molecule has 0 aromatic heterocycles. The summed E-state index contributed by atoms with van der Waals surface area (Å²) < 4.78 is 13.8. The van der Waals surface area contributed by atoms with Crippen LogP contribution in [0.15, 0.2) is 18.2 Å². The van der Waals surface area contributed by atoms with Crippen LogP contribution in [0.5, 0.6) is 0 Å². The van der Waals surface area contributed by atoms with Gasteiger partial charge in [-0.1, -0.05) is 25.4 Å². The van der Waals surface area contributed by atoms with Crippen molar-refractivity contribution in [3.8, 4) is 0 Å². The molecule has 1 nitrogen and oxygen atoms in total. The molecule has 0 aliphatic heterocycles. The summed E-state index contributed by atoms with van der Waals surface area (Å²) in [4.78, 5) is 0. The van der Waals surface area contributed by atoms with Gasteiger partial charge in [0.1, 0.15) is 5.82 Å². The topological polar surface area (TPSA) is 12.0 Å². The number of rotatable bonds is 6. The van der Waals surface area contributed by atoms with Gasteiger partial charge in [0.2, 0.25) is 0 Å². The lowest BCUT2D eigenvalue weighted by Gasteiger charge is -2.30. The summed E-state index contributed by atoms with van der Waals surface area (Å²) in [5, 5.41) is 4.03. The zero-order valence-corrected chi connectivity index (χ0v) is 11.9. The SMILES string of the molecule is CCNCC(C)(Cc1cc(Cl)ccc1F)C1CC1. The molecule has 0 saturated heterocycles. The molecule has 3 heteroatoms. The molecule has 18 heavy (non-hydrogen) atoms. The van der Waals surface area contributed by atoms with Crippen LogP contribution >= 0.6 is 11.6 Å². The Balaban J connectivity index is 2.15. The Labute approximate surface area is 114 Å². The monoisotopic (exact) mass is 269 g/mol. The van der Waals surface area contributed by atoms with Gasteiger partial charge in [0.25, 0.3) is 0 Å². The summed E-state index contributed by atoms with van der Waals surface area (Å²) in [6.45, 7) is 6.27. The molecule has 0 bridgehead atoms. The summed E-state index contributed by atoms with van der Waals surface area (Å²) in [7, 11) is 0. The highest BCUT2D eigenvalue weighted by Crippen LogP contribution is 2.47. The molecular formula is C15H21ClFN. The lowest BCUT2D eigenvalue weighted by Crippen LogP contribution is -2.35. The molecule has 2 rings (SSSR count). The lowest BCUT2D eigenvalue weighted by molar-refractivity contribution is 0.255. The summed E-state index contributed by atoms with van der Waals surface area (Å²) in [6.07, 6.45) is 3.30. The predicted molar refractivity (Wildman–Crippen MR) is 74.5 cm³/mol. The van der Waals surface area contributed by atoms with Gasteiger partial charge in [0.15, 0.2) is 0 Å². The summed E-state index contributed by atoms with van der Waals surface area (Å²) >= 11 is 5.96. The number of hydrogen-bond acceptors (Lipinski definition) is 1. The molecule has 0 spiro atoms. The van der Waals surface area contributed by atoms with Crippen molar-refractivity contribution in [3.63, 3.8) is 0 Å². The number of nitrogens with one attached hydrogen (secondary N) is 1. The smallest absolute Gasteiger partial charge is 0.126 e. The van der Waals surface area contributed by atoms with E-state index in [0.29, 0.717) is 5.02 Å². The molecule has 1 saturated carbocycles. The quantitative estimate of drug-likeness (QED) is 0.822. The standard InChI is InChI=1S/C15H21ClFN/c1-3-18-10-15(2,12-4-5-12)9-11-8-13(16)6-7-14(11)17/h6-8,12,18H,3-5,9-10H2,1-2H3. The first-order chi connectivity index (χ1) is 8.55. The fourth-order valence-corrected chi connectivity index (χ4v) is 2.85. The Morgan fingerprint density at radius 2 is 2.17 bits per heavy atom. The van der Waals surface area contributed by atoms with Gasteiger partial charge in [-0.3, -0.25) is 0 Å². The van der Waals surface area contributed by atoms with Gasteiger partial charge in [0.05, 0.1) is 0 Å². The minimum absolute atomic E-state index is 0.136. The van der Waals surface area contributed by atoms with Crippen molar-refractivity contribution in [1.29, 1.82) is 0 Å². The van der Waals surface area contributed by atoms with Gasteiger partial charge in [-0.05, 0) is 60.9 Å².